The molecule has 0 radical (unpaired) electrons. The lowest BCUT2D eigenvalue weighted by molar-refractivity contribution is 0.582. The van der Waals surface area contributed by atoms with E-state index in [1.54, 1.807) is 19.1 Å². The molecule has 0 aromatic heterocycles. The first-order chi connectivity index (χ1) is 9.10. The Morgan fingerprint density at radius 3 is 2.47 bits per heavy atom. The summed E-state index contributed by atoms with van der Waals surface area (Å²) in [7, 11) is -3.42. The van der Waals surface area contributed by atoms with Crippen LogP contribution in [0.3, 0.4) is 0 Å². The van der Waals surface area contributed by atoms with Crippen LogP contribution in [0.4, 0.5) is 0 Å². The van der Waals surface area contributed by atoms with E-state index in [0.29, 0.717) is 13.0 Å². The highest BCUT2D eigenvalue weighted by Gasteiger charge is 2.12. The summed E-state index contributed by atoms with van der Waals surface area (Å²) >= 11 is 0. The third-order valence-corrected chi connectivity index (χ3v) is 4.01. The van der Waals surface area contributed by atoms with Crippen LogP contribution in [0.25, 0.3) is 0 Å². The predicted molar refractivity (Wildman–Crippen MR) is 77.1 cm³/mol. The second-order valence-corrected chi connectivity index (χ2v) is 5.77. The molecular weight excluding hydrogens is 260 g/mol. The fraction of sp³-hybridized carbons (Fsp3) is 0.429. The molecule has 0 saturated heterocycles. The second kappa shape index (κ2) is 7.95. The molecule has 0 heterocycles. The standard InChI is InChI=1S/C14H20N2O2S/c1-3-5-6-11-16-19(17,18)14-9-7-13(8-10-14)12-15-4-2/h7-10,15-16H,4,6,11-12H2,1-2H3. The monoisotopic (exact) mass is 280 g/mol. The first kappa shape index (κ1) is 15.7. The molecule has 0 bridgehead atoms. The van der Waals surface area contributed by atoms with Gasteiger partial charge in [0.2, 0.25) is 10.0 Å². The third-order valence-electron chi connectivity index (χ3n) is 2.53. The van der Waals surface area contributed by atoms with Gasteiger partial charge in [-0.25, -0.2) is 13.1 Å². The molecule has 0 aliphatic rings. The maximum atomic E-state index is 11.9. The summed E-state index contributed by atoms with van der Waals surface area (Å²) < 4.78 is 26.4. The highest BCUT2D eigenvalue weighted by atomic mass is 32.2. The molecule has 0 aliphatic carbocycles. The Morgan fingerprint density at radius 2 is 1.89 bits per heavy atom. The fourth-order valence-electron chi connectivity index (χ4n) is 1.51. The van der Waals surface area contributed by atoms with Gasteiger partial charge in [0.1, 0.15) is 0 Å². The Hall–Kier alpha value is -1.35. The maximum Gasteiger partial charge on any atom is 0.240 e. The summed E-state index contributed by atoms with van der Waals surface area (Å²) in [6, 6.07) is 6.90. The van der Waals surface area contributed by atoms with Crippen LogP contribution in [0.1, 0.15) is 25.8 Å². The zero-order valence-corrected chi connectivity index (χ0v) is 12.2. The Morgan fingerprint density at radius 1 is 1.21 bits per heavy atom. The van der Waals surface area contributed by atoms with Crippen molar-refractivity contribution in [3.63, 3.8) is 0 Å². The average Bonchev–Trinajstić information content (AvgIpc) is 2.42. The molecule has 1 aromatic rings. The summed E-state index contributed by atoms with van der Waals surface area (Å²) in [6.45, 7) is 5.73. The zero-order chi connectivity index (χ0) is 14.1. The van der Waals surface area contributed by atoms with E-state index in [0.717, 1.165) is 18.7 Å². The lowest BCUT2D eigenvalue weighted by Crippen LogP contribution is -2.24. The van der Waals surface area contributed by atoms with Crippen molar-refractivity contribution in [2.24, 2.45) is 0 Å². The quantitative estimate of drug-likeness (QED) is 0.587. The van der Waals surface area contributed by atoms with Gasteiger partial charge in [-0.05, 0) is 31.2 Å². The van der Waals surface area contributed by atoms with E-state index in [1.807, 2.05) is 19.1 Å². The Balaban J connectivity index is 2.64. The van der Waals surface area contributed by atoms with Crippen molar-refractivity contribution in [3.05, 3.63) is 29.8 Å². The topological polar surface area (TPSA) is 58.2 Å². The van der Waals surface area contributed by atoms with Crippen LogP contribution in [0, 0.1) is 11.8 Å². The van der Waals surface area contributed by atoms with E-state index in [1.165, 1.54) is 0 Å². The summed E-state index contributed by atoms with van der Waals surface area (Å²) in [5.41, 5.74) is 1.07. The van der Waals surface area contributed by atoms with Gasteiger partial charge < -0.3 is 5.32 Å². The molecule has 2 N–H and O–H groups in total. The largest absolute Gasteiger partial charge is 0.313 e. The molecule has 0 saturated carbocycles. The van der Waals surface area contributed by atoms with E-state index < -0.39 is 10.0 Å². The van der Waals surface area contributed by atoms with Crippen LogP contribution < -0.4 is 10.0 Å². The second-order valence-electron chi connectivity index (χ2n) is 4.00. The minimum absolute atomic E-state index is 0.289. The molecule has 1 aromatic carbocycles. The first-order valence-corrected chi connectivity index (χ1v) is 7.77. The summed E-state index contributed by atoms with van der Waals surface area (Å²) in [5.74, 6) is 5.55. The van der Waals surface area contributed by atoms with Gasteiger partial charge in [-0.1, -0.05) is 19.1 Å². The SMILES string of the molecule is CC#CCCNS(=O)(=O)c1ccc(CNCC)cc1. The maximum absolute atomic E-state index is 11.9. The molecule has 0 fully saturated rings. The van der Waals surface area contributed by atoms with E-state index in [2.05, 4.69) is 21.9 Å². The van der Waals surface area contributed by atoms with Crippen molar-refractivity contribution in [3.8, 4) is 11.8 Å². The van der Waals surface area contributed by atoms with Crippen LogP contribution in [-0.4, -0.2) is 21.5 Å². The third kappa shape index (κ3) is 5.43. The molecule has 0 aliphatic heterocycles. The van der Waals surface area contributed by atoms with Crippen LogP contribution >= 0.6 is 0 Å². The van der Waals surface area contributed by atoms with Gasteiger partial charge >= 0.3 is 0 Å². The van der Waals surface area contributed by atoms with E-state index in [9.17, 15) is 8.42 Å². The van der Waals surface area contributed by atoms with E-state index in [4.69, 9.17) is 0 Å². The molecular formula is C14H20N2O2S. The number of hydrogen-bond donors (Lipinski definition) is 2. The highest BCUT2D eigenvalue weighted by molar-refractivity contribution is 7.89. The lowest BCUT2D eigenvalue weighted by atomic mass is 10.2. The Kier molecular flexibility index (Phi) is 6.57. The average molecular weight is 280 g/mol. The van der Waals surface area contributed by atoms with E-state index >= 15 is 0 Å². The predicted octanol–water partition coefficient (Wildman–Crippen LogP) is 1.49. The lowest BCUT2D eigenvalue weighted by Gasteiger charge is -2.07. The first-order valence-electron chi connectivity index (χ1n) is 6.29. The molecule has 1 rings (SSSR count). The Bertz CT molecular complexity index is 539. The van der Waals surface area contributed by atoms with Crippen molar-refractivity contribution in [2.75, 3.05) is 13.1 Å². The van der Waals surface area contributed by atoms with Crippen molar-refractivity contribution < 1.29 is 8.42 Å². The van der Waals surface area contributed by atoms with Gasteiger partial charge in [0, 0.05) is 19.5 Å². The van der Waals surface area contributed by atoms with Gasteiger partial charge in [-0.15, -0.1) is 11.8 Å². The van der Waals surface area contributed by atoms with Crippen molar-refractivity contribution in [1.29, 1.82) is 0 Å². The van der Waals surface area contributed by atoms with Gasteiger partial charge in [0.05, 0.1) is 4.90 Å². The van der Waals surface area contributed by atoms with Gasteiger partial charge in [0.15, 0.2) is 0 Å². The smallest absolute Gasteiger partial charge is 0.240 e. The van der Waals surface area contributed by atoms with Crippen molar-refractivity contribution in [2.45, 2.75) is 31.7 Å². The number of benzene rings is 1. The van der Waals surface area contributed by atoms with E-state index in [-0.39, 0.29) is 4.90 Å². The summed E-state index contributed by atoms with van der Waals surface area (Å²) in [6.07, 6.45) is 0.522. The van der Waals surface area contributed by atoms with Gasteiger partial charge in [0.25, 0.3) is 0 Å². The Labute approximate surface area is 115 Å². The highest BCUT2D eigenvalue weighted by Crippen LogP contribution is 2.10. The molecule has 19 heavy (non-hydrogen) atoms. The minimum Gasteiger partial charge on any atom is -0.313 e. The summed E-state index contributed by atoms with van der Waals surface area (Å²) in [4.78, 5) is 0.289. The molecule has 0 atom stereocenters. The van der Waals surface area contributed by atoms with Crippen molar-refractivity contribution in [1.82, 2.24) is 10.0 Å². The zero-order valence-electron chi connectivity index (χ0n) is 11.4. The number of rotatable bonds is 7. The van der Waals surface area contributed by atoms with Crippen LogP contribution in [-0.2, 0) is 16.6 Å². The molecule has 4 nitrogen and oxygen atoms in total. The number of nitrogens with one attached hydrogen (secondary N) is 2. The molecule has 0 spiro atoms. The molecule has 104 valence electrons. The molecule has 0 unspecified atom stereocenters. The summed E-state index contributed by atoms with van der Waals surface area (Å²) in [5, 5.41) is 3.19. The van der Waals surface area contributed by atoms with Crippen LogP contribution in [0.5, 0.6) is 0 Å². The van der Waals surface area contributed by atoms with Crippen molar-refractivity contribution >= 4 is 10.0 Å². The fourth-order valence-corrected chi connectivity index (χ4v) is 2.54. The van der Waals surface area contributed by atoms with Gasteiger partial charge in [-0.3, -0.25) is 0 Å². The molecule has 0 amide bonds. The molecule has 5 heteroatoms. The van der Waals surface area contributed by atoms with Crippen LogP contribution in [0.15, 0.2) is 29.2 Å². The van der Waals surface area contributed by atoms with Gasteiger partial charge in [-0.2, -0.15) is 0 Å². The number of sulfonamides is 1. The minimum atomic E-state index is -3.42. The van der Waals surface area contributed by atoms with Crippen LogP contribution in [0.2, 0.25) is 0 Å². The normalized spacial score (nSPS) is 10.8. The number of hydrogen-bond acceptors (Lipinski definition) is 3.